The zero-order valence-corrected chi connectivity index (χ0v) is 33.0. The first-order chi connectivity index (χ1) is 26.6. The van der Waals surface area contributed by atoms with Crippen molar-refractivity contribution in [3.05, 3.63) is 181 Å². The molecule has 0 aliphatic heterocycles. The third-order valence-corrected chi connectivity index (χ3v) is 13.2. The number of aromatic nitrogens is 3. The van der Waals surface area contributed by atoms with Crippen LogP contribution in [0.4, 0.5) is 0 Å². The van der Waals surface area contributed by atoms with Crippen LogP contribution in [0, 0.1) is 0 Å². The summed E-state index contributed by atoms with van der Waals surface area (Å²) in [6.45, 7) is 11.8. The normalized spacial score (nSPS) is 13.0. The molecule has 3 nitrogen and oxygen atoms in total. The summed E-state index contributed by atoms with van der Waals surface area (Å²) in [5.74, 6) is 1.97. The molecule has 55 heavy (non-hydrogen) atoms. The van der Waals surface area contributed by atoms with Gasteiger partial charge in [0.2, 0.25) is 0 Å². The van der Waals surface area contributed by atoms with Gasteiger partial charge in [-0.25, -0.2) is 15.0 Å². The largest absolute Gasteiger partial charge is 0.208 e. The zero-order chi connectivity index (χ0) is 37.7. The highest BCUT2D eigenvalue weighted by Crippen LogP contribution is 2.49. The average Bonchev–Trinajstić information content (AvgIpc) is 3.46. The predicted octanol–water partition coefficient (Wildman–Crippen LogP) is 12.7. The zero-order valence-electron chi connectivity index (χ0n) is 32.0. The van der Waals surface area contributed by atoms with Crippen molar-refractivity contribution in [3.63, 3.8) is 0 Å². The molecule has 0 atom stereocenters. The van der Waals surface area contributed by atoms with Crippen molar-refractivity contribution in [2.24, 2.45) is 0 Å². The van der Waals surface area contributed by atoms with Crippen molar-refractivity contribution in [1.29, 1.82) is 0 Å². The van der Waals surface area contributed by atoms with Crippen LogP contribution in [0.1, 0.15) is 25.0 Å². The maximum atomic E-state index is 5.14. The average molecular weight is 726 g/mol. The summed E-state index contributed by atoms with van der Waals surface area (Å²) < 4.78 is 0. The molecule has 0 N–H and O–H groups in total. The summed E-state index contributed by atoms with van der Waals surface area (Å²) in [4.78, 5) is 15.4. The molecule has 4 heteroatoms. The van der Waals surface area contributed by atoms with Gasteiger partial charge in [0.1, 0.15) is 0 Å². The van der Waals surface area contributed by atoms with Gasteiger partial charge in [0.25, 0.3) is 0 Å². The minimum atomic E-state index is -1.47. The van der Waals surface area contributed by atoms with E-state index in [2.05, 4.69) is 197 Å². The van der Waals surface area contributed by atoms with E-state index in [-0.39, 0.29) is 5.41 Å². The maximum Gasteiger partial charge on any atom is 0.164 e. The van der Waals surface area contributed by atoms with Crippen molar-refractivity contribution in [1.82, 2.24) is 15.0 Å². The summed E-state index contributed by atoms with van der Waals surface area (Å²) in [6, 6.07) is 61.0. The Balaban J connectivity index is 1.11. The Hall–Kier alpha value is -6.23. The molecule has 1 aromatic heterocycles. The molecule has 1 aliphatic rings. The van der Waals surface area contributed by atoms with Crippen molar-refractivity contribution in [2.45, 2.75) is 38.9 Å². The van der Waals surface area contributed by atoms with Crippen molar-refractivity contribution in [2.75, 3.05) is 0 Å². The molecule has 0 amide bonds. The first kappa shape index (κ1) is 34.5. The van der Waals surface area contributed by atoms with E-state index in [1.807, 2.05) is 6.07 Å². The smallest absolute Gasteiger partial charge is 0.164 e. The van der Waals surface area contributed by atoms with Crippen LogP contribution in [0.15, 0.2) is 170 Å². The Morgan fingerprint density at radius 3 is 1.35 bits per heavy atom. The Labute approximate surface area is 325 Å². The lowest BCUT2D eigenvalue weighted by atomic mass is 9.81. The number of hydrogen-bond donors (Lipinski definition) is 0. The van der Waals surface area contributed by atoms with Crippen molar-refractivity contribution < 1.29 is 0 Å². The van der Waals surface area contributed by atoms with Gasteiger partial charge in [0.05, 0.1) is 8.07 Å². The lowest BCUT2D eigenvalue weighted by Crippen LogP contribution is -2.37. The molecule has 0 fully saturated rings. The van der Waals surface area contributed by atoms with E-state index >= 15 is 0 Å². The minimum absolute atomic E-state index is 0.0463. The standard InChI is InChI=1S/C51H43N3Si/c1-51(2)46-23-10-9-22-44(46)45-29-26-40(33-47(45)51)38-18-11-17-37(30-38)39-19-13-21-42(32-39)50-53-48(35-24-27-43(28-25-35)55(3,4)5)52-49(54-50)41-20-12-16-36(31-41)34-14-7-6-8-15-34/h6-33H,1-5H3. The highest BCUT2D eigenvalue weighted by atomic mass is 28.3. The fourth-order valence-electron chi connectivity index (χ4n) is 7.95. The highest BCUT2D eigenvalue weighted by Gasteiger charge is 2.35. The molecular weight excluding hydrogens is 683 g/mol. The fraction of sp³-hybridized carbons (Fsp3) is 0.118. The van der Waals surface area contributed by atoms with Gasteiger partial charge in [-0.15, -0.1) is 0 Å². The van der Waals surface area contributed by atoms with Crippen LogP contribution in [0.5, 0.6) is 0 Å². The van der Waals surface area contributed by atoms with Gasteiger partial charge in [-0.1, -0.05) is 184 Å². The second-order valence-electron chi connectivity index (χ2n) is 16.2. The molecule has 0 spiro atoms. The summed E-state index contributed by atoms with van der Waals surface area (Å²) >= 11 is 0. The monoisotopic (exact) mass is 725 g/mol. The topological polar surface area (TPSA) is 38.7 Å². The van der Waals surface area contributed by atoms with Crippen LogP contribution in [-0.4, -0.2) is 23.0 Å². The number of rotatable bonds is 7. The fourth-order valence-corrected chi connectivity index (χ4v) is 9.12. The van der Waals surface area contributed by atoms with E-state index in [9.17, 15) is 0 Å². The molecule has 266 valence electrons. The number of fused-ring (bicyclic) bond motifs is 3. The first-order valence-electron chi connectivity index (χ1n) is 19.1. The summed E-state index contributed by atoms with van der Waals surface area (Å²) in [6.07, 6.45) is 0. The molecule has 9 rings (SSSR count). The predicted molar refractivity (Wildman–Crippen MR) is 233 cm³/mol. The van der Waals surface area contributed by atoms with Crippen LogP contribution in [0.25, 0.3) is 78.7 Å². The quantitative estimate of drug-likeness (QED) is 0.154. The van der Waals surface area contributed by atoms with Gasteiger partial charge in [0.15, 0.2) is 17.5 Å². The Morgan fingerprint density at radius 1 is 0.345 bits per heavy atom. The Kier molecular flexibility index (Phi) is 8.51. The number of hydrogen-bond acceptors (Lipinski definition) is 3. The van der Waals surface area contributed by atoms with Crippen molar-refractivity contribution in [3.8, 4) is 78.7 Å². The summed E-state index contributed by atoms with van der Waals surface area (Å²) in [7, 11) is -1.47. The van der Waals surface area contributed by atoms with Gasteiger partial charge in [-0.05, 0) is 79.9 Å². The Bertz CT molecular complexity index is 2710. The molecule has 0 radical (unpaired) electrons. The van der Waals surface area contributed by atoms with E-state index in [1.165, 1.54) is 38.6 Å². The first-order valence-corrected chi connectivity index (χ1v) is 22.6. The molecule has 1 aliphatic carbocycles. The lowest BCUT2D eigenvalue weighted by Gasteiger charge is -2.22. The third kappa shape index (κ3) is 6.53. The maximum absolute atomic E-state index is 5.14. The van der Waals surface area contributed by atoms with Crippen LogP contribution >= 0.6 is 0 Å². The summed E-state index contributed by atoms with van der Waals surface area (Å²) in [5.41, 5.74) is 15.3. The van der Waals surface area contributed by atoms with E-state index in [1.54, 1.807) is 0 Å². The van der Waals surface area contributed by atoms with Crippen LogP contribution in [-0.2, 0) is 5.41 Å². The van der Waals surface area contributed by atoms with Crippen LogP contribution < -0.4 is 5.19 Å². The van der Waals surface area contributed by atoms with Gasteiger partial charge >= 0.3 is 0 Å². The SMILES string of the molecule is CC1(C)c2ccccc2-c2ccc(-c3cccc(-c4cccc(-c5nc(-c6ccc([Si](C)(C)C)cc6)nc(-c6cccc(-c7ccccc7)c6)n5)c4)c3)cc21. The van der Waals surface area contributed by atoms with Gasteiger partial charge in [-0.3, -0.25) is 0 Å². The molecular formula is C51H43N3Si. The van der Waals surface area contributed by atoms with Gasteiger partial charge < -0.3 is 0 Å². The molecule has 0 saturated carbocycles. The second kappa shape index (κ2) is 13.6. The third-order valence-electron chi connectivity index (χ3n) is 11.1. The van der Waals surface area contributed by atoms with Gasteiger partial charge in [0, 0.05) is 22.1 Å². The second-order valence-corrected chi connectivity index (χ2v) is 21.3. The Morgan fingerprint density at radius 2 is 0.764 bits per heavy atom. The molecule has 7 aromatic carbocycles. The molecule has 8 aromatic rings. The molecule has 0 bridgehead atoms. The minimum Gasteiger partial charge on any atom is -0.208 e. The van der Waals surface area contributed by atoms with E-state index in [4.69, 9.17) is 15.0 Å². The molecule has 0 saturated heterocycles. The number of nitrogens with zero attached hydrogens (tertiary/aromatic N) is 3. The van der Waals surface area contributed by atoms with Crippen molar-refractivity contribution >= 4 is 13.3 Å². The van der Waals surface area contributed by atoms with E-state index < -0.39 is 8.07 Å². The van der Waals surface area contributed by atoms with Crippen LogP contribution in [0.3, 0.4) is 0 Å². The number of benzene rings is 7. The van der Waals surface area contributed by atoms with E-state index in [0.717, 1.165) is 38.9 Å². The van der Waals surface area contributed by atoms with Gasteiger partial charge in [-0.2, -0.15) is 0 Å². The van der Waals surface area contributed by atoms with E-state index in [0.29, 0.717) is 17.5 Å². The highest BCUT2D eigenvalue weighted by molar-refractivity contribution is 6.88. The molecule has 0 unspecified atom stereocenters. The lowest BCUT2D eigenvalue weighted by molar-refractivity contribution is 0.660. The van der Waals surface area contributed by atoms with Crippen LogP contribution in [0.2, 0.25) is 19.6 Å². The summed E-state index contributed by atoms with van der Waals surface area (Å²) in [5, 5.41) is 1.41. The molecule has 1 heterocycles.